The van der Waals surface area contributed by atoms with Gasteiger partial charge in [0.1, 0.15) is 6.10 Å². The van der Waals surface area contributed by atoms with Crippen molar-refractivity contribution in [3.8, 4) is 0 Å². The second-order valence-corrected chi connectivity index (χ2v) is 16.6. The molecule has 4 nitrogen and oxygen atoms in total. The predicted octanol–water partition coefficient (Wildman–Crippen LogP) is 9.59. The lowest BCUT2D eigenvalue weighted by molar-refractivity contribution is -0.148. The van der Waals surface area contributed by atoms with Crippen molar-refractivity contribution in [3.63, 3.8) is 0 Å². The average molecular weight is 575 g/mol. The Morgan fingerprint density at radius 2 is 1.64 bits per heavy atom. The van der Waals surface area contributed by atoms with Crippen molar-refractivity contribution in [1.82, 2.24) is 0 Å². The number of carbonyl (C=O) groups excluding carboxylic acids is 1. The number of carbonyl (C=O) groups is 1. The minimum absolute atomic E-state index is 0.0435. The summed E-state index contributed by atoms with van der Waals surface area (Å²) in [4.78, 5) is 13.3. The van der Waals surface area contributed by atoms with Gasteiger partial charge in [-0.25, -0.2) is 4.79 Å². The number of anilines is 2. The number of esters is 1. The molecule has 0 heterocycles. The van der Waals surface area contributed by atoms with Gasteiger partial charge in [-0.2, -0.15) is 0 Å². The molecule has 0 saturated heterocycles. The van der Waals surface area contributed by atoms with Crippen LogP contribution in [-0.2, 0) is 4.74 Å². The van der Waals surface area contributed by atoms with Crippen LogP contribution in [0.3, 0.4) is 0 Å². The Bertz CT molecular complexity index is 1250. The van der Waals surface area contributed by atoms with Crippen LogP contribution in [0.4, 0.5) is 11.4 Å². The van der Waals surface area contributed by atoms with E-state index in [4.69, 9.17) is 16.2 Å². The van der Waals surface area contributed by atoms with Crippen LogP contribution in [0.5, 0.6) is 0 Å². The zero-order chi connectivity index (χ0) is 30.2. The monoisotopic (exact) mass is 574 g/mol. The lowest BCUT2D eigenvalue weighted by Gasteiger charge is -2.70. The molecule has 9 atom stereocenters. The predicted molar refractivity (Wildman–Crippen MR) is 174 cm³/mol. The molecule has 3 saturated carbocycles. The molecule has 6 rings (SSSR count). The summed E-state index contributed by atoms with van der Waals surface area (Å²) in [5.41, 5.74) is 18.0. The summed E-state index contributed by atoms with van der Waals surface area (Å²) < 4.78 is 6.30. The van der Waals surface area contributed by atoms with Gasteiger partial charge in [0.25, 0.3) is 0 Å². The number of benzene rings is 1. The van der Waals surface area contributed by atoms with Crippen molar-refractivity contribution in [2.24, 2.45) is 51.2 Å². The van der Waals surface area contributed by atoms with Gasteiger partial charge < -0.3 is 16.2 Å². The summed E-state index contributed by atoms with van der Waals surface area (Å²) >= 11 is 0. The first-order valence-corrected chi connectivity index (χ1v) is 17.4. The molecule has 5 aliphatic rings. The van der Waals surface area contributed by atoms with E-state index in [-0.39, 0.29) is 22.9 Å². The zero-order valence-electron chi connectivity index (χ0n) is 27.7. The summed E-state index contributed by atoms with van der Waals surface area (Å²) in [6.45, 7) is 17.6. The minimum Gasteiger partial charge on any atom is -0.458 e. The van der Waals surface area contributed by atoms with Crippen LogP contribution in [0.25, 0.3) is 0 Å². The van der Waals surface area contributed by atoms with E-state index < -0.39 is 0 Å². The van der Waals surface area contributed by atoms with Gasteiger partial charge in [0, 0.05) is 16.8 Å². The van der Waals surface area contributed by atoms with Gasteiger partial charge in [-0.05, 0) is 122 Å². The van der Waals surface area contributed by atoms with E-state index in [1.54, 1.807) is 29.3 Å². The maximum atomic E-state index is 13.3. The molecule has 0 aliphatic heterocycles. The normalized spacial score (nSPS) is 41.0. The van der Waals surface area contributed by atoms with Crippen molar-refractivity contribution in [1.29, 1.82) is 0 Å². The number of fused-ring (bicyclic) bond motifs is 4. The van der Waals surface area contributed by atoms with E-state index in [1.165, 1.54) is 57.8 Å². The molecule has 0 amide bonds. The van der Waals surface area contributed by atoms with Crippen LogP contribution in [-0.4, -0.2) is 12.1 Å². The molecule has 0 radical (unpaired) electrons. The summed E-state index contributed by atoms with van der Waals surface area (Å²) in [6, 6.07) is 5.06. The van der Waals surface area contributed by atoms with Gasteiger partial charge in [0.05, 0.1) is 5.56 Å². The largest absolute Gasteiger partial charge is 0.458 e. The van der Waals surface area contributed by atoms with Crippen LogP contribution in [0.1, 0.15) is 136 Å². The first-order chi connectivity index (χ1) is 19.8. The lowest BCUT2D eigenvalue weighted by Crippen LogP contribution is -2.63. The Kier molecular flexibility index (Phi) is 7.38. The fourth-order valence-corrected chi connectivity index (χ4v) is 12.5. The standard InChI is InChI=1S/C38H58N2O2/c1-8-38-17-13-30-31(37(38,7)16-12-29(38)24(4)11-9-10-23(2)3)20-26-22-36(6)32(14-15-35(30,5)33(26)36)42-34(41)25-18-27(39)21-28(40)19-25/h18-19,21,23-24,29-32H,8-17,20,22,39-40H2,1-7H3. The first kappa shape index (κ1) is 30.1. The molecule has 4 heteroatoms. The maximum absolute atomic E-state index is 13.3. The van der Waals surface area contributed by atoms with E-state index in [0.717, 1.165) is 48.9 Å². The van der Waals surface area contributed by atoms with Gasteiger partial charge in [0.15, 0.2) is 0 Å². The minimum atomic E-state index is -0.288. The lowest BCUT2D eigenvalue weighted by atomic mass is 9.35. The van der Waals surface area contributed by atoms with E-state index >= 15 is 0 Å². The second-order valence-electron chi connectivity index (χ2n) is 16.6. The highest BCUT2D eigenvalue weighted by atomic mass is 16.5. The van der Waals surface area contributed by atoms with Crippen LogP contribution in [0.2, 0.25) is 0 Å². The fraction of sp³-hybridized carbons (Fsp3) is 0.763. The molecule has 4 N–H and O–H groups in total. The number of nitrogens with two attached hydrogens (primary N) is 2. The second kappa shape index (κ2) is 10.3. The molecule has 9 unspecified atom stereocenters. The molecule has 3 fully saturated rings. The van der Waals surface area contributed by atoms with Crippen LogP contribution < -0.4 is 11.5 Å². The Morgan fingerprint density at radius 3 is 2.31 bits per heavy atom. The first-order valence-electron chi connectivity index (χ1n) is 17.4. The molecule has 42 heavy (non-hydrogen) atoms. The molecule has 0 bridgehead atoms. The SMILES string of the molecule is CCC12CCC3C(CC4=C5C(C)(C4)C(OC(=O)c4cc(N)cc(N)c4)CCC53C)C1(C)CCC2C(C)CCCC(C)C. The molecule has 0 aromatic heterocycles. The van der Waals surface area contributed by atoms with Gasteiger partial charge in [-0.15, -0.1) is 0 Å². The van der Waals surface area contributed by atoms with Crippen molar-refractivity contribution in [3.05, 3.63) is 34.9 Å². The van der Waals surface area contributed by atoms with Gasteiger partial charge in [-0.1, -0.05) is 78.9 Å². The molecule has 5 aliphatic carbocycles. The Hall–Kier alpha value is -1.97. The van der Waals surface area contributed by atoms with Gasteiger partial charge in [0.2, 0.25) is 0 Å². The summed E-state index contributed by atoms with van der Waals surface area (Å²) in [6.07, 6.45) is 15.5. The molecule has 1 aromatic carbocycles. The van der Waals surface area contributed by atoms with E-state index in [1.807, 2.05) is 0 Å². The topological polar surface area (TPSA) is 78.3 Å². The number of nitrogen functional groups attached to an aromatic ring is 2. The number of allylic oxidation sites excluding steroid dienone is 1. The Labute approximate surface area is 255 Å². The summed E-state index contributed by atoms with van der Waals surface area (Å²) in [7, 11) is 0. The third-order valence-corrected chi connectivity index (χ3v) is 14.2. The molecular formula is C38H58N2O2. The van der Waals surface area contributed by atoms with Crippen LogP contribution >= 0.6 is 0 Å². The Morgan fingerprint density at radius 1 is 0.929 bits per heavy atom. The highest BCUT2D eigenvalue weighted by molar-refractivity contribution is 5.92. The summed E-state index contributed by atoms with van der Waals surface area (Å²) in [5, 5.41) is 0. The van der Waals surface area contributed by atoms with E-state index in [0.29, 0.717) is 27.8 Å². The van der Waals surface area contributed by atoms with Crippen molar-refractivity contribution in [2.45, 2.75) is 132 Å². The smallest absolute Gasteiger partial charge is 0.338 e. The van der Waals surface area contributed by atoms with Crippen LogP contribution in [0, 0.1) is 51.2 Å². The molecule has 0 spiro atoms. The third-order valence-electron chi connectivity index (χ3n) is 14.2. The molecule has 232 valence electrons. The van der Waals surface area contributed by atoms with E-state index in [2.05, 4.69) is 48.5 Å². The van der Waals surface area contributed by atoms with Crippen molar-refractivity contribution in [2.75, 3.05) is 11.5 Å². The number of ether oxygens (including phenoxy) is 1. The highest BCUT2D eigenvalue weighted by Crippen LogP contribution is 2.78. The number of hydrogen-bond donors (Lipinski definition) is 2. The Balaban J connectivity index is 1.25. The zero-order valence-corrected chi connectivity index (χ0v) is 27.7. The van der Waals surface area contributed by atoms with Gasteiger partial charge in [-0.3, -0.25) is 0 Å². The maximum Gasteiger partial charge on any atom is 0.338 e. The number of rotatable bonds is 8. The van der Waals surface area contributed by atoms with Crippen molar-refractivity contribution < 1.29 is 9.53 Å². The van der Waals surface area contributed by atoms with Crippen molar-refractivity contribution >= 4 is 17.3 Å². The van der Waals surface area contributed by atoms with Crippen LogP contribution in [0.15, 0.2) is 29.3 Å². The molecule has 1 aromatic rings. The molecular weight excluding hydrogens is 516 g/mol. The van der Waals surface area contributed by atoms with Gasteiger partial charge >= 0.3 is 5.97 Å². The average Bonchev–Trinajstić information content (AvgIpc) is 3.22. The van der Waals surface area contributed by atoms with E-state index in [9.17, 15) is 4.79 Å². The number of hydrogen-bond acceptors (Lipinski definition) is 4. The fourth-order valence-electron chi connectivity index (χ4n) is 12.5. The highest BCUT2D eigenvalue weighted by Gasteiger charge is 2.70. The quantitative estimate of drug-likeness (QED) is 0.184. The third kappa shape index (κ3) is 4.23. The summed E-state index contributed by atoms with van der Waals surface area (Å²) in [5.74, 6) is 3.79.